The molecular weight excluding hydrogens is 1180 g/mol. The van der Waals surface area contributed by atoms with Gasteiger partial charge in [-0.2, -0.15) is 0 Å². The zero-order valence-electron chi connectivity index (χ0n) is 54.3. The highest BCUT2D eigenvalue weighted by atomic mass is 15.1. The summed E-state index contributed by atoms with van der Waals surface area (Å²) in [7, 11) is 0. The summed E-state index contributed by atoms with van der Waals surface area (Å²) < 4.78 is 0. The Morgan fingerprint density at radius 2 is 0.429 bits per heavy atom. The second-order valence-electron chi connectivity index (χ2n) is 25.6. The van der Waals surface area contributed by atoms with Gasteiger partial charge in [0.2, 0.25) is 0 Å². The van der Waals surface area contributed by atoms with Crippen LogP contribution in [0.3, 0.4) is 0 Å². The number of benzene rings is 15. The van der Waals surface area contributed by atoms with Gasteiger partial charge < -0.3 is 9.80 Å². The molecule has 17 rings (SSSR count). The second-order valence-corrected chi connectivity index (χ2v) is 25.6. The maximum absolute atomic E-state index is 4.10. The van der Waals surface area contributed by atoms with E-state index in [1.54, 1.807) is 0 Å². The predicted octanol–water partition coefficient (Wildman–Crippen LogP) is 25.3. The van der Waals surface area contributed by atoms with Gasteiger partial charge in [-0.05, 0) is 195 Å². The third-order valence-corrected chi connectivity index (χ3v) is 20.4. The molecule has 2 unspecified atom stereocenters. The van der Waals surface area contributed by atoms with Crippen molar-refractivity contribution in [1.82, 2.24) is 0 Å². The van der Waals surface area contributed by atoms with E-state index in [4.69, 9.17) is 0 Å². The molecule has 2 nitrogen and oxygen atoms in total. The maximum Gasteiger partial charge on any atom is 0.0714 e. The fourth-order valence-corrected chi connectivity index (χ4v) is 15.7. The summed E-state index contributed by atoms with van der Waals surface area (Å²) in [5, 5.41) is 0. The smallest absolute Gasteiger partial charge is 0.0714 e. The van der Waals surface area contributed by atoms with Crippen LogP contribution in [0.1, 0.15) is 55.6 Å². The fraction of sp³-hybridized carbons (Fsp3) is 0.0208. The average Bonchev–Trinajstić information content (AvgIpc) is 1.54. The Bertz CT molecular complexity index is 5050. The number of nitrogens with zero attached hydrogens (tertiary/aromatic N) is 2. The highest BCUT2D eigenvalue weighted by Crippen LogP contribution is 2.59. The molecule has 0 amide bonds. The van der Waals surface area contributed by atoms with E-state index in [0.717, 1.165) is 67.5 Å². The Hall–Kier alpha value is -12.6. The Kier molecular flexibility index (Phi) is 15.0. The van der Waals surface area contributed by atoms with E-state index in [1.165, 1.54) is 89.0 Å². The lowest BCUT2D eigenvalue weighted by Crippen LogP contribution is -2.28. The molecule has 462 valence electrons. The lowest BCUT2D eigenvalue weighted by Gasteiger charge is -2.35. The summed E-state index contributed by atoms with van der Waals surface area (Å²) in [5.74, 6) is 0. The van der Waals surface area contributed by atoms with E-state index < -0.39 is 10.8 Å². The minimum atomic E-state index is -0.575. The lowest BCUT2D eigenvalue weighted by molar-refractivity contribution is 0.768. The monoisotopic (exact) mass is 1250 g/mol. The highest BCUT2D eigenvalue weighted by Gasteiger charge is 2.48. The van der Waals surface area contributed by atoms with Crippen molar-refractivity contribution in [2.24, 2.45) is 0 Å². The first-order chi connectivity index (χ1) is 48.5. The molecule has 2 atom stereocenters. The molecule has 0 radical (unpaired) electrons. The van der Waals surface area contributed by atoms with E-state index in [0.29, 0.717) is 0 Å². The molecule has 0 saturated heterocycles. The van der Waals surface area contributed by atoms with Crippen molar-refractivity contribution in [1.29, 1.82) is 0 Å². The van der Waals surface area contributed by atoms with Crippen molar-refractivity contribution in [3.05, 3.63) is 445 Å². The van der Waals surface area contributed by atoms with Crippen LogP contribution in [0, 0.1) is 0 Å². The van der Waals surface area contributed by atoms with E-state index in [-0.39, 0.29) is 0 Å². The highest BCUT2D eigenvalue weighted by molar-refractivity contribution is 5.93. The van der Waals surface area contributed by atoms with Gasteiger partial charge >= 0.3 is 0 Å². The number of hydrogen-bond donors (Lipinski definition) is 0. The van der Waals surface area contributed by atoms with Crippen LogP contribution in [-0.2, 0) is 10.8 Å². The van der Waals surface area contributed by atoms with Crippen LogP contribution < -0.4 is 9.80 Å². The van der Waals surface area contributed by atoms with Crippen molar-refractivity contribution < 1.29 is 0 Å². The molecule has 15 aromatic carbocycles. The molecule has 2 aliphatic carbocycles. The summed E-state index contributed by atoms with van der Waals surface area (Å²) in [5.41, 5.74) is 31.7. The van der Waals surface area contributed by atoms with Crippen molar-refractivity contribution in [2.45, 2.75) is 10.8 Å². The SMILES string of the molecule is C=Cc1ccc(C2(c3ccccc3)c3ccccc3-c3ccc(N(c4ccc(-c5ccccc5)cc4)c4ccc(-c5ccc(-c6ccc(N(c7ccc(-c8ccccc8)cc7)c7ccc8c(c7)C(c7ccccc7)(c7ccc(C=C)cc7)c7ccccc7-8)cc6)cc5)cc4)cc32)cc1. The quantitative estimate of drug-likeness (QED) is 0.0951. The lowest BCUT2D eigenvalue weighted by atomic mass is 9.67. The minimum absolute atomic E-state index is 0.575. The van der Waals surface area contributed by atoms with Gasteiger partial charge in [-0.25, -0.2) is 0 Å². The van der Waals surface area contributed by atoms with Gasteiger partial charge in [0.1, 0.15) is 0 Å². The number of hydrogen-bond acceptors (Lipinski definition) is 2. The van der Waals surface area contributed by atoms with Gasteiger partial charge in [0.05, 0.1) is 10.8 Å². The Balaban J connectivity index is 0.720. The Morgan fingerprint density at radius 1 is 0.194 bits per heavy atom. The Labute approximate surface area is 575 Å². The molecule has 0 spiro atoms. The van der Waals surface area contributed by atoms with Gasteiger partial charge in [-0.15, -0.1) is 0 Å². The van der Waals surface area contributed by atoms with Crippen molar-refractivity contribution in [3.8, 4) is 66.8 Å². The van der Waals surface area contributed by atoms with Gasteiger partial charge in [0.25, 0.3) is 0 Å². The molecule has 0 bridgehead atoms. The second kappa shape index (κ2) is 24.9. The van der Waals surface area contributed by atoms with Crippen LogP contribution in [0.15, 0.2) is 389 Å². The summed E-state index contributed by atoms with van der Waals surface area (Å²) in [6.07, 6.45) is 3.84. The average molecular weight is 1250 g/mol. The molecule has 0 fully saturated rings. The van der Waals surface area contributed by atoms with Crippen molar-refractivity contribution in [3.63, 3.8) is 0 Å². The third-order valence-electron chi connectivity index (χ3n) is 20.4. The normalized spacial score (nSPS) is 14.7. The minimum Gasteiger partial charge on any atom is -0.310 e. The molecule has 2 heteroatoms. The molecule has 0 heterocycles. The van der Waals surface area contributed by atoms with Gasteiger partial charge in [-0.1, -0.05) is 329 Å². The molecular formula is C96H68N2. The van der Waals surface area contributed by atoms with Crippen LogP contribution in [0.25, 0.3) is 78.9 Å². The summed E-state index contributed by atoms with van der Waals surface area (Å²) in [4.78, 5) is 4.83. The first-order valence-electron chi connectivity index (χ1n) is 33.8. The van der Waals surface area contributed by atoms with Crippen LogP contribution in [0.2, 0.25) is 0 Å². The molecule has 15 aromatic rings. The standard InChI is InChI=1S/C96H68N2/c1-3-67-33-49-79(50-34-67)95(77-25-13-7-14-26-77)91-31-19-17-29-87(91)89-63-61-85(65-93(89)95)97(81-53-41-73(42-54-81)69-21-9-5-10-22-69)83-57-45-75(46-58-83)71-37-39-72(40-38-71)76-47-59-84(60-48-76)98(82-55-43-74(44-56-82)70-23-11-6-12-24-70)86-62-64-90-88-30-18-20-32-92(88)96(94(90)66-86,78-27-15-8-16-28-78)80-51-35-68(4-2)36-52-80/h3-66H,1-2H2. The van der Waals surface area contributed by atoms with Crippen LogP contribution in [-0.4, -0.2) is 0 Å². The molecule has 98 heavy (non-hydrogen) atoms. The number of rotatable bonds is 16. The van der Waals surface area contributed by atoms with Gasteiger partial charge in [0.15, 0.2) is 0 Å². The van der Waals surface area contributed by atoms with Gasteiger partial charge in [0, 0.05) is 34.1 Å². The van der Waals surface area contributed by atoms with Crippen molar-refractivity contribution in [2.75, 3.05) is 9.80 Å². The number of anilines is 6. The van der Waals surface area contributed by atoms with E-state index in [1.807, 2.05) is 12.2 Å². The van der Waals surface area contributed by atoms with E-state index >= 15 is 0 Å². The van der Waals surface area contributed by atoms with E-state index in [2.05, 4.69) is 399 Å². The molecule has 0 saturated carbocycles. The van der Waals surface area contributed by atoms with E-state index in [9.17, 15) is 0 Å². The zero-order valence-corrected chi connectivity index (χ0v) is 54.3. The molecule has 0 aliphatic heterocycles. The first kappa shape index (κ1) is 59.1. The predicted molar refractivity (Wildman–Crippen MR) is 412 cm³/mol. The Morgan fingerprint density at radius 3 is 0.735 bits per heavy atom. The summed E-state index contributed by atoms with van der Waals surface area (Å²) >= 11 is 0. The van der Waals surface area contributed by atoms with Crippen LogP contribution in [0.4, 0.5) is 34.1 Å². The van der Waals surface area contributed by atoms with Crippen molar-refractivity contribution >= 4 is 46.3 Å². The topological polar surface area (TPSA) is 6.48 Å². The zero-order chi connectivity index (χ0) is 65.6. The number of fused-ring (bicyclic) bond motifs is 6. The van der Waals surface area contributed by atoms with Crippen LogP contribution in [0.5, 0.6) is 0 Å². The van der Waals surface area contributed by atoms with Gasteiger partial charge in [-0.3, -0.25) is 0 Å². The third kappa shape index (κ3) is 10.0. The summed E-state index contributed by atoms with van der Waals surface area (Å²) in [6, 6.07) is 139. The fourth-order valence-electron chi connectivity index (χ4n) is 15.7. The molecule has 2 aliphatic rings. The first-order valence-corrected chi connectivity index (χ1v) is 33.8. The maximum atomic E-state index is 4.10. The molecule has 0 N–H and O–H groups in total. The van der Waals surface area contributed by atoms with Crippen LogP contribution >= 0.6 is 0 Å². The summed E-state index contributed by atoms with van der Waals surface area (Å²) in [6.45, 7) is 8.20. The largest absolute Gasteiger partial charge is 0.310 e. The molecule has 0 aromatic heterocycles.